The highest BCUT2D eigenvalue weighted by atomic mass is 32.1. The van der Waals surface area contributed by atoms with Gasteiger partial charge in [0.05, 0.1) is 11.3 Å². The molecule has 0 aliphatic heterocycles. The quantitative estimate of drug-likeness (QED) is 0.750. The number of thiophene rings is 1. The molecule has 0 aliphatic rings. The second kappa shape index (κ2) is 7.67. The van der Waals surface area contributed by atoms with Gasteiger partial charge < -0.3 is 10.6 Å². The zero-order chi connectivity index (χ0) is 15.9. The molecule has 7 heteroatoms. The number of hydrogen-bond donors (Lipinski definition) is 3. The van der Waals surface area contributed by atoms with Crippen LogP contribution in [-0.4, -0.2) is 24.0 Å². The Morgan fingerprint density at radius 2 is 1.91 bits per heavy atom. The molecule has 1 heterocycles. The van der Waals surface area contributed by atoms with Crippen molar-refractivity contribution in [2.24, 2.45) is 0 Å². The standard InChI is InChI=1S/C15H15N3O2S2/c1-16-13(19)9-10-4-6-11(7-5-10)17-15(21)18-14(20)12-3-2-8-22-12/h2-8H,9H2,1H3,(H,16,19)(H2,17,18,20,21). The van der Waals surface area contributed by atoms with Crippen LogP contribution in [0.5, 0.6) is 0 Å². The average Bonchev–Trinajstić information content (AvgIpc) is 3.03. The minimum atomic E-state index is -0.233. The number of likely N-dealkylation sites (N-methyl/N-ethyl adjacent to an activating group) is 1. The monoisotopic (exact) mass is 333 g/mol. The molecular weight excluding hydrogens is 318 g/mol. The summed E-state index contributed by atoms with van der Waals surface area (Å²) in [6.45, 7) is 0. The number of benzene rings is 1. The maximum atomic E-state index is 11.8. The van der Waals surface area contributed by atoms with Crippen LogP contribution >= 0.6 is 23.6 Å². The lowest BCUT2D eigenvalue weighted by atomic mass is 10.1. The SMILES string of the molecule is CNC(=O)Cc1ccc(NC(=S)NC(=O)c2cccs2)cc1. The normalized spacial score (nSPS) is 9.86. The first-order valence-corrected chi connectivity index (χ1v) is 7.82. The van der Waals surface area contributed by atoms with Crippen LogP contribution in [0.2, 0.25) is 0 Å². The predicted molar refractivity (Wildman–Crippen MR) is 92.2 cm³/mol. The number of hydrogen-bond acceptors (Lipinski definition) is 4. The first-order chi connectivity index (χ1) is 10.6. The van der Waals surface area contributed by atoms with Gasteiger partial charge in [0.2, 0.25) is 5.91 Å². The fourth-order valence-corrected chi connectivity index (χ4v) is 2.54. The van der Waals surface area contributed by atoms with Gasteiger partial charge in [-0.25, -0.2) is 0 Å². The first kappa shape index (κ1) is 16.1. The molecule has 0 saturated carbocycles. The number of rotatable bonds is 4. The van der Waals surface area contributed by atoms with E-state index in [4.69, 9.17) is 12.2 Å². The summed E-state index contributed by atoms with van der Waals surface area (Å²) in [5.41, 5.74) is 1.65. The summed E-state index contributed by atoms with van der Waals surface area (Å²) in [6, 6.07) is 10.8. The molecule has 0 radical (unpaired) electrons. The number of carbonyl (C=O) groups is 2. The maximum Gasteiger partial charge on any atom is 0.267 e. The summed E-state index contributed by atoms with van der Waals surface area (Å²) >= 11 is 6.46. The Kier molecular flexibility index (Phi) is 5.62. The molecule has 0 saturated heterocycles. The molecule has 0 spiro atoms. The molecular formula is C15H15N3O2S2. The third-order valence-corrected chi connectivity index (χ3v) is 3.90. The van der Waals surface area contributed by atoms with Gasteiger partial charge in [0.15, 0.2) is 5.11 Å². The van der Waals surface area contributed by atoms with Crippen molar-refractivity contribution in [3.63, 3.8) is 0 Å². The summed E-state index contributed by atoms with van der Waals surface area (Å²) < 4.78 is 0. The van der Waals surface area contributed by atoms with Gasteiger partial charge in [0.25, 0.3) is 5.91 Å². The van der Waals surface area contributed by atoms with Crippen molar-refractivity contribution in [2.45, 2.75) is 6.42 Å². The first-order valence-electron chi connectivity index (χ1n) is 6.54. The van der Waals surface area contributed by atoms with E-state index < -0.39 is 0 Å². The molecule has 5 nitrogen and oxygen atoms in total. The van der Waals surface area contributed by atoms with E-state index in [1.807, 2.05) is 29.6 Å². The van der Waals surface area contributed by atoms with Crippen molar-refractivity contribution in [3.8, 4) is 0 Å². The summed E-state index contributed by atoms with van der Waals surface area (Å²) in [5, 5.41) is 10.2. The van der Waals surface area contributed by atoms with Gasteiger partial charge in [-0.05, 0) is 41.4 Å². The van der Waals surface area contributed by atoms with Crippen LogP contribution in [0, 0.1) is 0 Å². The summed E-state index contributed by atoms with van der Waals surface area (Å²) in [6.07, 6.45) is 0.330. The maximum absolute atomic E-state index is 11.8. The van der Waals surface area contributed by atoms with Crippen molar-refractivity contribution in [1.29, 1.82) is 0 Å². The summed E-state index contributed by atoms with van der Waals surface area (Å²) in [4.78, 5) is 23.7. The number of amides is 2. The largest absolute Gasteiger partial charge is 0.359 e. The molecule has 0 aliphatic carbocycles. The highest BCUT2D eigenvalue weighted by Crippen LogP contribution is 2.11. The Hall–Kier alpha value is -2.25. The number of nitrogens with one attached hydrogen (secondary N) is 3. The number of thiocarbonyl (C=S) groups is 1. The molecule has 114 valence electrons. The van der Waals surface area contributed by atoms with Crippen molar-refractivity contribution < 1.29 is 9.59 Å². The molecule has 22 heavy (non-hydrogen) atoms. The number of anilines is 1. The molecule has 3 N–H and O–H groups in total. The van der Waals surface area contributed by atoms with E-state index in [9.17, 15) is 9.59 Å². The van der Waals surface area contributed by atoms with Crippen LogP contribution in [0.15, 0.2) is 41.8 Å². The van der Waals surface area contributed by atoms with Crippen LogP contribution in [0.4, 0.5) is 5.69 Å². The lowest BCUT2D eigenvalue weighted by Crippen LogP contribution is -2.33. The fourth-order valence-electron chi connectivity index (χ4n) is 1.71. The molecule has 0 atom stereocenters. The van der Waals surface area contributed by atoms with E-state index in [-0.39, 0.29) is 16.9 Å². The van der Waals surface area contributed by atoms with Crippen LogP contribution < -0.4 is 16.0 Å². The van der Waals surface area contributed by atoms with Crippen LogP contribution in [-0.2, 0) is 11.2 Å². The topological polar surface area (TPSA) is 70.2 Å². The van der Waals surface area contributed by atoms with Crippen molar-refractivity contribution >= 4 is 46.2 Å². The lowest BCUT2D eigenvalue weighted by Gasteiger charge is -2.09. The van der Waals surface area contributed by atoms with Gasteiger partial charge >= 0.3 is 0 Å². The zero-order valence-corrected chi connectivity index (χ0v) is 13.5. The van der Waals surface area contributed by atoms with E-state index in [2.05, 4.69) is 16.0 Å². The predicted octanol–water partition coefficient (Wildman–Crippen LogP) is 2.16. The van der Waals surface area contributed by atoms with E-state index >= 15 is 0 Å². The van der Waals surface area contributed by atoms with E-state index in [1.165, 1.54) is 11.3 Å². The van der Waals surface area contributed by atoms with Gasteiger partial charge in [-0.15, -0.1) is 11.3 Å². The highest BCUT2D eigenvalue weighted by Gasteiger charge is 2.08. The van der Waals surface area contributed by atoms with Crippen LogP contribution in [0.1, 0.15) is 15.2 Å². The van der Waals surface area contributed by atoms with Gasteiger partial charge in [0, 0.05) is 12.7 Å². The fraction of sp³-hybridized carbons (Fsp3) is 0.133. The number of carbonyl (C=O) groups excluding carboxylic acids is 2. The highest BCUT2D eigenvalue weighted by molar-refractivity contribution is 7.80. The van der Waals surface area contributed by atoms with E-state index in [0.717, 1.165) is 11.3 Å². The Morgan fingerprint density at radius 1 is 1.18 bits per heavy atom. The second-order valence-corrected chi connectivity index (χ2v) is 5.79. The van der Waals surface area contributed by atoms with Crippen molar-refractivity contribution in [3.05, 3.63) is 52.2 Å². The minimum absolute atomic E-state index is 0.0422. The molecule has 2 rings (SSSR count). The molecule has 0 bridgehead atoms. The average molecular weight is 333 g/mol. The van der Waals surface area contributed by atoms with Gasteiger partial charge in [-0.1, -0.05) is 18.2 Å². The molecule has 2 amide bonds. The molecule has 2 aromatic rings. The lowest BCUT2D eigenvalue weighted by molar-refractivity contribution is -0.119. The van der Waals surface area contributed by atoms with Crippen molar-refractivity contribution in [2.75, 3.05) is 12.4 Å². The van der Waals surface area contributed by atoms with Crippen LogP contribution in [0.3, 0.4) is 0 Å². The molecule has 0 unspecified atom stereocenters. The Morgan fingerprint density at radius 3 is 2.50 bits per heavy atom. The summed E-state index contributed by atoms with van der Waals surface area (Å²) in [5.74, 6) is -0.275. The van der Waals surface area contributed by atoms with E-state index in [0.29, 0.717) is 11.3 Å². The smallest absolute Gasteiger partial charge is 0.267 e. The Bertz CT molecular complexity index is 667. The van der Waals surface area contributed by atoms with Gasteiger partial charge in [-0.3, -0.25) is 14.9 Å². The molecule has 1 aromatic heterocycles. The van der Waals surface area contributed by atoms with Gasteiger partial charge in [-0.2, -0.15) is 0 Å². The van der Waals surface area contributed by atoms with Crippen molar-refractivity contribution in [1.82, 2.24) is 10.6 Å². The molecule has 1 aromatic carbocycles. The van der Waals surface area contributed by atoms with Crippen LogP contribution in [0.25, 0.3) is 0 Å². The van der Waals surface area contributed by atoms with Gasteiger partial charge in [0.1, 0.15) is 0 Å². The van der Waals surface area contributed by atoms with E-state index in [1.54, 1.807) is 19.2 Å². The summed E-state index contributed by atoms with van der Waals surface area (Å²) in [7, 11) is 1.60. The second-order valence-electron chi connectivity index (χ2n) is 4.43. The zero-order valence-electron chi connectivity index (χ0n) is 11.9. The minimum Gasteiger partial charge on any atom is -0.359 e. The molecule has 0 fully saturated rings. The Balaban J connectivity index is 1.89. The Labute approximate surface area is 137 Å². The third-order valence-electron chi connectivity index (χ3n) is 2.83. The third kappa shape index (κ3) is 4.64.